The molecule has 0 aliphatic rings. The van der Waals surface area contributed by atoms with E-state index in [0.29, 0.717) is 0 Å². The number of phenols is 1. The van der Waals surface area contributed by atoms with Crippen LogP contribution in [0.3, 0.4) is 0 Å². The fourth-order valence-electron chi connectivity index (χ4n) is 0.489. The molecule has 0 amide bonds. The molecule has 0 radical (unpaired) electrons. The summed E-state index contributed by atoms with van der Waals surface area (Å²) in [5.41, 5.74) is 0. The standard InChI is InChI=1S/C6H4F2O.Na.H/c7-4-2-1-3-5(8)6(4)9;;/h1-3,9H;;. The third kappa shape index (κ3) is 1.94. The fourth-order valence-corrected chi connectivity index (χ4v) is 0.489. The second-order valence-corrected chi connectivity index (χ2v) is 1.57. The Morgan fingerprint density at radius 1 is 1.10 bits per heavy atom. The minimum absolute atomic E-state index is 0. The molecule has 0 atom stereocenters. The Morgan fingerprint density at radius 2 is 1.50 bits per heavy atom. The molecule has 50 valence electrons. The molecular weight excluding hydrogens is 149 g/mol. The second-order valence-electron chi connectivity index (χ2n) is 1.57. The molecule has 1 rings (SSSR count). The average molecular weight is 154 g/mol. The summed E-state index contributed by atoms with van der Waals surface area (Å²) in [6, 6.07) is 3.15. The number of benzene rings is 1. The molecule has 0 saturated carbocycles. The predicted molar refractivity (Wildman–Crippen MR) is 35.2 cm³/mol. The molecule has 10 heavy (non-hydrogen) atoms. The van der Waals surface area contributed by atoms with Gasteiger partial charge in [0.2, 0.25) is 0 Å². The molecule has 0 spiro atoms. The Labute approximate surface area is 79.0 Å². The van der Waals surface area contributed by atoms with Crippen molar-refractivity contribution in [2.75, 3.05) is 0 Å². The maximum atomic E-state index is 12.1. The molecule has 0 fully saturated rings. The van der Waals surface area contributed by atoms with Gasteiger partial charge in [-0.1, -0.05) is 6.07 Å². The minimum atomic E-state index is -0.935. The van der Waals surface area contributed by atoms with Crippen LogP contribution in [0.5, 0.6) is 5.75 Å². The van der Waals surface area contributed by atoms with Crippen molar-refractivity contribution in [1.29, 1.82) is 0 Å². The van der Waals surface area contributed by atoms with Gasteiger partial charge in [0.15, 0.2) is 17.4 Å². The molecule has 4 heteroatoms. The second kappa shape index (κ2) is 3.91. The third-order valence-electron chi connectivity index (χ3n) is 0.938. The number of hydrogen-bond donors (Lipinski definition) is 1. The topological polar surface area (TPSA) is 20.2 Å². The van der Waals surface area contributed by atoms with Crippen molar-refractivity contribution < 1.29 is 13.9 Å². The molecule has 0 aliphatic heterocycles. The van der Waals surface area contributed by atoms with Gasteiger partial charge in [0.05, 0.1) is 0 Å². The predicted octanol–water partition coefficient (Wildman–Crippen LogP) is 1.02. The van der Waals surface area contributed by atoms with E-state index < -0.39 is 17.4 Å². The van der Waals surface area contributed by atoms with E-state index in [0.717, 1.165) is 12.1 Å². The molecule has 1 aromatic rings. The first-order valence-corrected chi connectivity index (χ1v) is 2.35. The van der Waals surface area contributed by atoms with Gasteiger partial charge in [-0.3, -0.25) is 0 Å². The molecule has 1 aromatic carbocycles. The number of para-hydroxylation sites is 1. The summed E-state index contributed by atoms with van der Waals surface area (Å²) in [6.45, 7) is 0. The molecule has 0 aromatic heterocycles. The van der Waals surface area contributed by atoms with E-state index in [1.54, 1.807) is 0 Å². The van der Waals surface area contributed by atoms with Gasteiger partial charge in [-0.15, -0.1) is 0 Å². The Balaban J connectivity index is 0.000000810. The van der Waals surface area contributed by atoms with Crippen LogP contribution < -0.4 is 0 Å². The number of halogens is 2. The van der Waals surface area contributed by atoms with Crippen LogP contribution in [0.1, 0.15) is 0 Å². The summed E-state index contributed by atoms with van der Waals surface area (Å²) in [5.74, 6) is -2.79. The molecule has 1 nitrogen and oxygen atoms in total. The number of hydrogen-bond acceptors (Lipinski definition) is 1. The first kappa shape index (κ1) is 9.88. The van der Waals surface area contributed by atoms with E-state index >= 15 is 0 Å². The Morgan fingerprint density at radius 3 is 1.80 bits per heavy atom. The van der Waals surface area contributed by atoms with E-state index in [1.807, 2.05) is 0 Å². The van der Waals surface area contributed by atoms with Crippen LogP contribution in [-0.4, -0.2) is 34.7 Å². The van der Waals surface area contributed by atoms with E-state index in [9.17, 15) is 8.78 Å². The van der Waals surface area contributed by atoms with E-state index in [4.69, 9.17) is 5.11 Å². The average Bonchev–Trinajstić information content (AvgIpc) is 1.83. The summed E-state index contributed by atoms with van der Waals surface area (Å²) >= 11 is 0. The third-order valence-corrected chi connectivity index (χ3v) is 0.938. The number of aromatic hydroxyl groups is 1. The summed E-state index contributed by atoms with van der Waals surface area (Å²) in [4.78, 5) is 0. The van der Waals surface area contributed by atoms with E-state index in [2.05, 4.69) is 0 Å². The number of phenolic OH excluding ortho intramolecular Hbond substituents is 1. The summed E-state index contributed by atoms with van der Waals surface area (Å²) in [7, 11) is 0. The van der Waals surface area contributed by atoms with E-state index in [-0.39, 0.29) is 29.6 Å². The molecule has 0 unspecified atom stereocenters. The van der Waals surface area contributed by atoms with Crippen LogP contribution in [0.2, 0.25) is 0 Å². The number of rotatable bonds is 0. The zero-order chi connectivity index (χ0) is 6.85. The van der Waals surface area contributed by atoms with Gasteiger partial charge in [-0.05, 0) is 12.1 Å². The van der Waals surface area contributed by atoms with Gasteiger partial charge in [0, 0.05) is 0 Å². The van der Waals surface area contributed by atoms with E-state index in [1.165, 1.54) is 6.07 Å². The van der Waals surface area contributed by atoms with Crippen LogP contribution in [0, 0.1) is 11.6 Å². The SMILES string of the molecule is Oc1c(F)cccc1F.[NaH]. The van der Waals surface area contributed by atoms with Crippen molar-refractivity contribution in [3.63, 3.8) is 0 Å². The van der Waals surface area contributed by atoms with Gasteiger partial charge >= 0.3 is 29.6 Å². The Kier molecular flexibility index (Phi) is 3.86. The molecule has 1 N–H and O–H groups in total. The first-order chi connectivity index (χ1) is 4.22. The first-order valence-electron chi connectivity index (χ1n) is 2.35. The van der Waals surface area contributed by atoms with Crippen molar-refractivity contribution in [1.82, 2.24) is 0 Å². The monoisotopic (exact) mass is 154 g/mol. The van der Waals surface area contributed by atoms with Crippen molar-refractivity contribution in [2.24, 2.45) is 0 Å². The van der Waals surface area contributed by atoms with Gasteiger partial charge in [-0.25, -0.2) is 8.78 Å². The normalized spacial score (nSPS) is 8.60. The molecule has 0 aliphatic carbocycles. The van der Waals surface area contributed by atoms with Crippen LogP contribution in [0.25, 0.3) is 0 Å². The Bertz CT molecular complexity index is 207. The molecular formula is C6H5F2NaO. The summed E-state index contributed by atoms with van der Waals surface area (Å²) in [6.07, 6.45) is 0. The van der Waals surface area contributed by atoms with Gasteiger partial charge < -0.3 is 5.11 Å². The van der Waals surface area contributed by atoms with Gasteiger partial charge in [-0.2, -0.15) is 0 Å². The summed E-state index contributed by atoms with van der Waals surface area (Å²) in [5, 5.41) is 8.46. The van der Waals surface area contributed by atoms with Crippen LogP contribution in [0.15, 0.2) is 18.2 Å². The fraction of sp³-hybridized carbons (Fsp3) is 0. The van der Waals surface area contributed by atoms with Crippen molar-refractivity contribution in [3.05, 3.63) is 29.8 Å². The van der Waals surface area contributed by atoms with Crippen LogP contribution in [0.4, 0.5) is 8.78 Å². The zero-order valence-electron chi connectivity index (χ0n) is 4.44. The van der Waals surface area contributed by atoms with Gasteiger partial charge in [0.1, 0.15) is 0 Å². The van der Waals surface area contributed by atoms with Crippen LogP contribution >= 0.6 is 0 Å². The molecule has 0 heterocycles. The summed E-state index contributed by atoms with van der Waals surface area (Å²) < 4.78 is 24.2. The van der Waals surface area contributed by atoms with Gasteiger partial charge in [0.25, 0.3) is 0 Å². The molecule has 0 saturated heterocycles. The quantitative estimate of drug-likeness (QED) is 0.553. The van der Waals surface area contributed by atoms with Crippen molar-refractivity contribution in [2.45, 2.75) is 0 Å². The maximum absolute atomic E-state index is 12.1. The van der Waals surface area contributed by atoms with Crippen molar-refractivity contribution in [3.8, 4) is 5.75 Å². The Hall–Kier alpha value is -0.120. The molecule has 0 bridgehead atoms. The van der Waals surface area contributed by atoms with Crippen molar-refractivity contribution >= 4 is 29.6 Å². The zero-order valence-corrected chi connectivity index (χ0v) is 4.44. The van der Waals surface area contributed by atoms with Crippen LogP contribution in [-0.2, 0) is 0 Å².